The van der Waals surface area contributed by atoms with E-state index in [1.165, 1.54) is 0 Å². The largest absolute Gasteiger partial charge is 0.403 e. The van der Waals surface area contributed by atoms with E-state index < -0.39 is 17.5 Å². The summed E-state index contributed by atoms with van der Waals surface area (Å²) in [6.07, 6.45) is -4.85. The van der Waals surface area contributed by atoms with E-state index in [1.54, 1.807) is 18.2 Å². The summed E-state index contributed by atoms with van der Waals surface area (Å²) < 4.78 is 38.3. The lowest BCUT2D eigenvalue weighted by Gasteiger charge is -2.18. The molecule has 0 saturated heterocycles. The molecule has 1 amide bonds. The fourth-order valence-electron chi connectivity index (χ4n) is 1.90. The number of rotatable bonds is 4. The third-order valence-corrected chi connectivity index (χ3v) is 4.42. The molecule has 0 bridgehead atoms. The lowest BCUT2D eigenvalue weighted by molar-refractivity contribution is -0.192. The predicted molar refractivity (Wildman–Crippen MR) is 72.5 cm³/mol. The molecule has 1 saturated carbocycles. The van der Waals surface area contributed by atoms with Crippen molar-refractivity contribution in [3.63, 3.8) is 0 Å². The van der Waals surface area contributed by atoms with Crippen molar-refractivity contribution in [1.82, 2.24) is 5.32 Å². The molecule has 1 aliphatic rings. The zero-order chi connectivity index (χ0) is 15.7. The monoisotopic (exact) mass is 334 g/mol. The highest BCUT2D eigenvalue weighted by atomic mass is 35.5. The number of carbonyl (C=O) groups is 1. The van der Waals surface area contributed by atoms with E-state index in [0.29, 0.717) is 15.5 Å². The van der Waals surface area contributed by atoms with Crippen LogP contribution < -0.4 is 5.32 Å². The van der Waals surface area contributed by atoms with Gasteiger partial charge in [-0.2, -0.15) is 18.4 Å². The van der Waals surface area contributed by atoms with Gasteiger partial charge in [-0.15, -0.1) is 0 Å². The van der Waals surface area contributed by atoms with Gasteiger partial charge in [-0.1, -0.05) is 17.7 Å². The van der Waals surface area contributed by atoms with Gasteiger partial charge in [0, 0.05) is 11.4 Å². The van der Waals surface area contributed by atoms with Crippen molar-refractivity contribution in [1.29, 1.82) is 5.26 Å². The van der Waals surface area contributed by atoms with Gasteiger partial charge in [0.2, 0.25) is 5.91 Å². The molecule has 0 atom stereocenters. The maximum absolute atomic E-state index is 12.8. The van der Waals surface area contributed by atoms with Gasteiger partial charge in [0.15, 0.2) is 0 Å². The Morgan fingerprint density at radius 2 is 2.14 bits per heavy atom. The van der Waals surface area contributed by atoms with Crippen LogP contribution in [-0.2, 0) is 11.3 Å². The molecule has 1 N–H and O–H groups in total. The van der Waals surface area contributed by atoms with E-state index in [2.05, 4.69) is 5.32 Å². The number of hydrogen-bond donors (Lipinski definition) is 1. The maximum Gasteiger partial charge on any atom is 0.403 e. The molecule has 0 radical (unpaired) electrons. The molecule has 0 aliphatic heterocycles. The molecule has 112 valence electrons. The molecule has 1 aliphatic carbocycles. The first-order valence-corrected chi connectivity index (χ1v) is 7.19. The first-order valence-electron chi connectivity index (χ1n) is 5.99. The summed E-state index contributed by atoms with van der Waals surface area (Å²) in [5, 5.41) is 13.2. The Labute approximate surface area is 128 Å². The number of thioether (sulfide) groups is 1. The third kappa shape index (κ3) is 3.27. The molecule has 2 rings (SSSR count). The van der Waals surface area contributed by atoms with Gasteiger partial charge in [0.1, 0.15) is 10.8 Å². The van der Waals surface area contributed by atoms with Crippen LogP contribution in [0.2, 0.25) is 5.02 Å². The minimum atomic E-state index is -4.51. The Morgan fingerprint density at radius 3 is 2.67 bits per heavy atom. The van der Waals surface area contributed by atoms with Crippen molar-refractivity contribution in [2.45, 2.75) is 30.5 Å². The number of amides is 1. The zero-order valence-electron chi connectivity index (χ0n) is 10.6. The summed E-state index contributed by atoms with van der Waals surface area (Å²) in [6, 6.07) is 4.71. The first-order chi connectivity index (χ1) is 9.80. The Hall–Kier alpha value is -1.39. The van der Waals surface area contributed by atoms with Crippen LogP contribution in [0.25, 0.3) is 0 Å². The summed E-state index contributed by atoms with van der Waals surface area (Å²) >= 11 is 6.73. The highest BCUT2D eigenvalue weighted by molar-refractivity contribution is 8.03. The van der Waals surface area contributed by atoms with E-state index in [9.17, 15) is 18.0 Å². The number of hydrogen-bond acceptors (Lipinski definition) is 3. The fraction of sp³-hybridized carbons (Fsp3) is 0.385. The number of thiocyanates is 1. The zero-order valence-corrected chi connectivity index (χ0v) is 12.2. The number of alkyl halides is 3. The number of nitriles is 1. The van der Waals surface area contributed by atoms with Crippen LogP contribution in [-0.4, -0.2) is 12.1 Å². The molecule has 21 heavy (non-hydrogen) atoms. The lowest BCUT2D eigenvalue weighted by atomic mass is 10.1. The van der Waals surface area contributed by atoms with Crippen molar-refractivity contribution < 1.29 is 18.0 Å². The van der Waals surface area contributed by atoms with Gasteiger partial charge in [-0.3, -0.25) is 4.79 Å². The molecular weight excluding hydrogens is 325 g/mol. The molecule has 0 unspecified atom stereocenters. The average molecular weight is 335 g/mol. The second-order valence-corrected chi connectivity index (χ2v) is 5.95. The van der Waals surface area contributed by atoms with Crippen LogP contribution in [0.3, 0.4) is 0 Å². The fourth-order valence-corrected chi connectivity index (χ4v) is 2.61. The predicted octanol–water partition coefficient (Wildman–Crippen LogP) is 3.87. The van der Waals surface area contributed by atoms with Crippen molar-refractivity contribution in [3.8, 4) is 5.40 Å². The SMILES string of the molecule is N#CSc1cc(CNC(=O)C2(C(F)(F)F)CC2)ccc1Cl. The Morgan fingerprint density at radius 1 is 1.48 bits per heavy atom. The average Bonchev–Trinajstić information content (AvgIpc) is 3.20. The maximum atomic E-state index is 12.8. The van der Waals surface area contributed by atoms with Crippen molar-refractivity contribution >= 4 is 29.3 Å². The first kappa shape index (κ1) is 16.0. The van der Waals surface area contributed by atoms with Gasteiger partial charge in [-0.05, 0) is 42.3 Å². The topological polar surface area (TPSA) is 52.9 Å². The molecule has 0 heterocycles. The normalized spacial score (nSPS) is 16.1. The summed E-state index contributed by atoms with van der Waals surface area (Å²) in [4.78, 5) is 12.2. The van der Waals surface area contributed by atoms with Gasteiger partial charge >= 0.3 is 6.18 Å². The quantitative estimate of drug-likeness (QED) is 0.671. The molecule has 1 fully saturated rings. The third-order valence-electron chi connectivity index (χ3n) is 3.33. The van der Waals surface area contributed by atoms with Crippen LogP contribution in [0, 0.1) is 16.1 Å². The van der Waals surface area contributed by atoms with Crippen molar-refractivity contribution in [2.24, 2.45) is 5.41 Å². The standard InChI is InChI=1S/C13H10ClF3N2OS/c14-9-2-1-8(5-10(9)21-7-18)6-19-11(20)12(3-4-12)13(15,16)17/h1-2,5H,3-4,6H2,(H,19,20). The number of nitrogens with one attached hydrogen (secondary N) is 1. The van der Waals surface area contributed by atoms with Gasteiger partial charge in [0.05, 0.1) is 5.02 Å². The second-order valence-electron chi connectivity index (χ2n) is 4.72. The van der Waals surface area contributed by atoms with E-state index in [4.69, 9.17) is 16.9 Å². The van der Waals surface area contributed by atoms with E-state index >= 15 is 0 Å². The summed E-state index contributed by atoms with van der Waals surface area (Å²) in [5.41, 5.74) is -1.63. The van der Waals surface area contributed by atoms with Gasteiger partial charge in [-0.25, -0.2) is 0 Å². The molecule has 8 heteroatoms. The Balaban J connectivity index is 2.03. The van der Waals surface area contributed by atoms with E-state index in [0.717, 1.165) is 11.8 Å². The number of carbonyl (C=O) groups excluding carboxylic acids is 1. The lowest BCUT2D eigenvalue weighted by Crippen LogP contribution is -2.40. The number of benzene rings is 1. The van der Waals surface area contributed by atoms with Crippen LogP contribution in [0.1, 0.15) is 18.4 Å². The van der Waals surface area contributed by atoms with Crippen LogP contribution >= 0.6 is 23.4 Å². The van der Waals surface area contributed by atoms with Crippen molar-refractivity contribution in [2.75, 3.05) is 0 Å². The Kier molecular flexibility index (Phi) is 4.40. The smallest absolute Gasteiger partial charge is 0.351 e. The van der Waals surface area contributed by atoms with Crippen LogP contribution in [0.5, 0.6) is 0 Å². The molecular formula is C13H10ClF3N2OS. The summed E-state index contributed by atoms with van der Waals surface area (Å²) in [5.74, 6) is -1.00. The summed E-state index contributed by atoms with van der Waals surface area (Å²) in [7, 11) is 0. The highest BCUT2D eigenvalue weighted by Crippen LogP contribution is 2.57. The highest BCUT2D eigenvalue weighted by Gasteiger charge is 2.68. The summed E-state index contributed by atoms with van der Waals surface area (Å²) in [6.45, 7) is -0.0349. The molecule has 3 nitrogen and oxygen atoms in total. The number of halogens is 4. The van der Waals surface area contributed by atoms with Crippen LogP contribution in [0.4, 0.5) is 13.2 Å². The van der Waals surface area contributed by atoms with Crippen LogP contribution in [0.15, 0.2) is 23.1 Å². The van der Waals surface area contributed by atoms with E-state index in [-0.39, 0.29) is 19.4 Å². The molecule has 0 spiro atoms. The minimum Gasteiger partial charge on any atom is -0.351 e. The van der Waals surface area contributed by atoms with Gasteiger partial charge < -0.3 is 5.32 Å². The van der Waals surface area contributed by atoms with Crippen molar-refractivity contribution in [3.05, 3.63) is 28.8 Å². The number of nitrogens with zero attached hydrogens (tertiary/aromatic N) is 1. The second kappa shape index (κ2) is 5.78. The van der Waals surface area contributed by atoms with Gasteiger partial charge in [0.25, 0.3) is 0 Å². The molecule has 1 aromatic carbocycles. The Bertz CT molecular complexity index is 608. The minimum absolute atomic E-state index is 0.0349. The van der Waals surface area contributed by atoms with E-state index in [1.807, 2.05) is 5.40 Å². The molecule has 1 aromatic rings. The molecule has 0 aromatic heterocycles.